The van der Waals surface area contributed by atoms with Gasteiger partial charge in [0.25, 0.3) is 0 Å². The summed E-state index contributed by atoms with van der Waals surface area (Å²) in [6.07, 6.45) is 0.0763. The maximum absolute atomic E-state index is 13.3. The van der Waals surface area contributed by atoms with Gasteiger partial charge in [-0.05, 0) is 49.7 Å². The molecule has 0 spiro atoms. The Balaban J connectivity index is 1.47. The van der Waals surface area contributed by atoms with Crippen molar-refractivity contribution in [3.8, 4) is 0 Å². The Morgan fingerprint density at radius 1 is 1.09 bits per heavy atom. The first kappa shape index (κ1) is 22.6. The van der Waals surface area contributed by atoms with Gasteiger partial charge in [0.05, 0.1) is 21.5 Å². The third-order valence-electron chi connectivity index (χ3n) is 5.57. The van der Waals surface area contributed by atoms with E-state index < -0.39 is 15.8 Å². The van der Waals surface area contributed by atoms with Gasteiger partial charge in [-0.25, -0.2) is 12.8 Å². The molecule has 1 saturated heterocycles. The van der Waals surface area contributed by atoms with Gasteiger partial charge >= 0.3 is 4.87 Å². The van der Waals surface area contributed by atoms with Gasteiger partial charge in [-0.3, -0.25) is 14.2 Å². The molecule has 1 fully saturated rings. The number of benzene rings is 2. The van der Waals surface area contributed by atoms with Crippen LogP contribution in [0.15, 0.2) is 52.2 Å². The second kappa shape index (κ2) is 8.76. The number of amides is 1. The average Bonchev–Trinajstić information content (AvgIpc) is 3.09. The monoisotopic (exact) mass is 477 g/mol. The number of carbonyl (C=O) groups excluding carboxylic acids is 1. The van der Waals surface area contributed by atoms with Crippen molar-refractivity contribution in [1.29, 1.82) is 0 Å². The zero-order chi connectivity index (χ0) is 23.0. The Hall–Kier alpha value is -2.56. The van der Waals surface area contributed by atoms with Crippen molar-refractivity contribution in [3.05, 3.63) is 63.5 Å². The Kier molecular flexibility index (Phi) is 6.19. The highest BCUT2D eigenvalue weighted by Crippen LogP contribution is 2.26. The van der Waals surface area contributed by atoms with Crippen molar-refractivity contribution in [1.82, 2.24) is 13.8 Å². The molecule has 0 radical (unpaired) electrons. The van der Waals surface area contributed by atoms with Crippen LogP contribution in [0.5, 0.6) is 0 Å². The number of sulfonamides is 1. The first-order valence-corrected chi connectivity index (χ1v) is 12.6. The molecule has 1 aromatic heterocycles. The molecule has 4 rings (SSSR count). The van der Waals surface area contributed by atoms with E-state index in [1.807, 2.05) is 13.8 Å². The Labute approximate surface area is 189 Å². The molecule has 0 saturated carbocycles. The number of aromatic nitrogens is 1. The van der Waals surface area contributed by atoms with Gasteiger partial charge in [0.15, 0.2) is 0 Å². The fraction of sp³-hybridized carbons (Fsp3) is 0.364. The van der Waals surface area contributed by atoms with Crippen LogP contribution in [0.4, 0.5) is 4.39 Å². The van der Waals surface area contributed by atoms with Crippen molar-refractivity contribution in [3.63, 3.8) is 0 Å². The highest BCUT2D eigenvalue weighted by Gasteiger charge is 2.30. The lowest BCUT2D eigenvalue weighted by atomic mass is 10.1. The smallest absolute Gasteiger partial charge is 0.308 e. The first-order chi connectivity index (χ1) is 15.2. The first-order valence-electron chi connectivity index (χ1n) is 10.3. The van der Waals surface area contributed by atoms with Crippen LogP contribution in [0.1, 0.15) is 25.5 Å². The van der Waals surface area contributed by atoms with E-state index >= 15 is 0 Å². The lowest BCUT2D eigenvalue weighted by Gasteiger charge is -2.34. The SMILES string of the molecule is CC(C)n1c(=O)sc2cc(S(=O)(=O)N3CCN(C(=O)Cc4cccc(F)c4)CC3)ccc21. The Morgan fingerprint density at radius 2 is 1.81 bits per heavy atom. The summed E-state index contributed by atoms with van der Waals surface area (Å²) in [7, 11) is -3.75. The Morgan fingerprint density at radius 3 is 2.47 bits per heavy atom. The van der Waals surface area contributed by atoms with Crippen LogP contribution in [0, 0.1) is 5.82 Å². The van der Waals surface area contributed by atoms with Crippen LogP contribution in [-0.2, 0) is 21.2 Å². The molecule has 1 amide bonds. The fourth-order valence-electron chi connectivity index (χ4n) is 3.93. The summed E-state index contributed by atoms with van der Waals surface area (Å²) in [5.74, 6) is -0.550. The highest BCUT2D eigenvalue weighted by atomic mass is 32.2. The number of nitrogens with zero attached hydrogens (tertiary/aromatic N) is 3. The minimum absolute atomic E-state index is 0.0169. The van der Waals surface area contributed by atoms with Crippen molar-refractivity contribution in [2.75, 3.05) is 26.2 Å². The summed E-state index contributed by atoms with van der Waals surface area (Å²) in [5.41, 5.74) is 1.31. The van der Waals surface area contributed by atoms with Crippen LogP contribution in [0.3, 0.4) is 0 Å². The van der Waals surface area contributed by atoms with Gasteiger partial charge in [-0.1, -0.05) is 23.5 Å². The maximum atomic E-state index is 13.3. The molecule has 10 heteroatoms. The maximum Gasteiger partial charge on any atom is 0.308 e. The second-order valence-corrected chi connectivity index (χ2v) is 11.0. The summed E-state index contributed by atoms with van der Waals surface area (Å²) < 4.78 is 43.3. The summed E-state index contributed by atoms with van der Waals surface area (Å²) in [6.45, 7) is 4.72. The van der Waals surface area contributed by atoms with Crippen LogP contribution < -0.4 is 4.87 Å². The number of fused-ring (bicyclic) bond motifs is 1. The van der Waals surface area contributed by atoms with Gasteiger partial charge in [0.1, 0.15) is 5.82 Å². The van der Waals surface area contributed by atoms with Gasteiger partial charge in [0, 0.05) is 32.2 Å². The number of hydrogen-bond donors (Lipinski definition) is 0. The molecule has 0 unspecified atom stereocenters. The zero-order valence-electron chi connectivity index (χ0n) is 17.8. The molecular formula is C22H24FN3O4S2. The number of piperazine rings is 1. The van der Waals surface area contributed by atoms with Gasteiger partial charge < -0.3 is 4.90 Å². The molecule has 1 aliphatic heterocycles. The fourth-order valence-corrected chi connectivity index (χ4v) is 6.50. The van der Waals surface area contributed by atoms with Gasteiger partial charge in [-0.15, -0.1) is 0 Å². The third-order valence-corrected chi connectivity index (χ3v) is 8.39. The summed E-state index contributed by atoms with van der Waals surface area (Å²) in [5, 5.41) is 0. The van der Waals surface area contributed by atoms with Crippen LogP contribution >= 0.6 is 11.3 Å². The van der Waals surface area contributed by atoms with Crippen molar-refractivity contribution >= 4 is 37.5 Å². The molecule has 7 nitrogen and oxygen atoms in total. The zero-order valence-corrected chi connectivity index (χ0v) is 19.5. The molecule has 170 valence electrons. The molecular weight excluding hydrogens is 453 g/mol. The predicted octanol–water partition coefficient (Wildman–Crippen LogP) is 2.86. The minimum Gasteiger partial charge on any atom is -0.340 e. The molecule has 32 heavy (non-hydrogen) atoms. The molecule has 0 N–H and O–H groups in total. The van der Waals surface area contributed by atoms with E-state index in [2.05, 4.69) is 0 Å². The topological polar surface area (TPSA) is 79.7 Å². The van der Waals surface area contributed by atoms with Crippen molar-refractivity contribution < 1.29 is 17.6 Å². The largest absolute Gasteiger partial charge is 0.340 e. The molecule has 2 heterocycles. The average molecular weight is 478 g/mol. The number of carbonyl (C=O) groups is 1. The number of halogens is 1. The van der Waals surface area contributed by atoms with Crippen molar-refractivity contribution in [2.24, 2.45) is 0 Å². The third kappa shape index (κ3) is 4.35. The van der Waals surface area contributed by atoms with Crippen LogP contribution in [0.25, 0.3) is 10.2 Å². The lowest BCUT2D eigenvalue weighted by Crippen LogP contribution is -2.50. The highest BCUT2D eigenvalue weighted by molar-refractivity contribution is 7.89. The number of rotatable bonds is 5. The normalized spacial score (nSPS) is 15.6. The van der Waals surface area contributed by atoms with E-state index in [1.165, 1.54) is 22.5 Å². The van der Waals surface area contributed by atoms with E-state index in [4.69, 9.17) is 0 Å². The van der Waals surface area contributed by atoms with Crippen LogP contribution in [0.2, 0.25) is 0 Å². The van der Waals surface area contributed by atoms with E-state index in [9.17, 15) is 22.4 Å². The molecule has 0 bridgehead atoms. The lowest BCUT2D eigenvalue weighted by molar-refractivity contribution is -0.131. The van der Waals surface area contributed by atoms with E-state index in [0.29, 0.717) is 10.3 Å². The minimum atomic E-state index is -3.75. The van der Waals surface area contributed by atoms with Crippen molar-refractivity contribution in [2.45, 2.75) is 31.2 Å². The quantitative estimate of drug-likeness (QED) is 0.566. The molecule has 2 aromatic carbocycles. The van der Waals surface area contributed by atoms with E-state index in [1.54, 1.807) is 33.7 Å². The second-order valence-electron chi connectivity index (χ2n) is 8.05. The van der Waals surface area contributed by atoms with E-state index in [-0.39, 0.29) is 54.3 Å². The Bertz CT molecular complexity index is 1320. The van der Waals surface area contributed by atoms with Crippen LogP contribution in [-0.4, -0.2) is 54.3 Å². The molecule has 0 atom stereocenters. The van der Waals surface area contributed by atoms with Gasteiger partial charge in [0.2, 0.25) is 15.9 Å². The standard InChI is InChI=1S/C22H24FN3O4S2/c1-15(2)26-19-7-6-18(14-20(19)31-22(26)28)32(29,30)25-10-8-24(9-11-25)21(27)13-16-4-3-5-17(23)12-16/h3-7,12,14-15H,8-11,13H2,1-2H3. The molecule has 3 aromatic rings. The summed E-state index contributed by atoms with van der Waals surface area (Å²) in [4.78, 5) is 26.4. The molecule has 0 aliphatic carbocycles. The number of hydrogen-bond acceptors (Lipinski definition) is 5. The van der Waals surface area contributed by atoms with E-state index in [0.717, 1.165) is 16.9 Å². The molecule has 1 aliphatic rings. The summed E-state index contributed by atoms with van der Waals surface area (Å²) >= 11 is 1.04. The predicted molar refractivity (Wildman–Crippen MR) is 122 cm³/mol. The summed E-state index contributed by atoms with van der Waals surface area (Å²) in [6, 6.07) is 10.7. The number of thiazole rings is 1. The van der Waals surface area contributed by atoms with Gasteiger partial charge in [-0.2, -0.15) is 4.31 Å².